The van der Waals surface area contributed by atoms with E-state index in [0.717, 1.165) is 47.6 Å². The van der Waals surface area contributed by atoms with Gasteiger partial charge in [-0.15, -0.1) is 11.3 Å². The molecule has 1 aliphatic heterocycles. The summed E-state index contributed by atoms with van der Waals surface area (Å²) in [5.41, 5.74) is 2.32. The van der Waals surface area contributed by atoms with Crippen molar-refractivity contribution >= 4 is 11.3 Å². The summed E-state index contributed by atoms with van der Waals surface area (Å²) in [6.45, 7) is 5.29. The molecular formula is C18H18N2O2S. The highest BCUT2D eigenvalue weighted by Crippen LogP contribution is 2.27. The zero-order chi connectivity index (χ0) is 15.6. The van der Waals surface area contributed by atoms with E-state index < -0.39 is 0 Å². The molecule has 4 nitrogen and oxygen atoms in total. The summed E-state index contributed by atoms with van der Waals surface area (Å²) in [5, 5.41) is 3.06. The van der Waals surface area contributed by atoms with Crippen molar-refractivity contribution in [1.29, 1.82) is 0 Å². The number of nitrogens with zero attached hydrogens (tertiary/aromatic N) is 2. The van der Waals surface area contributed by atoms with Gasteiger partial charge in [0.05, 0.1) is 5.69 Å². The van der Waals surface area contributed by atoms with Crippen LogP contribution in [0.1, 0.15) is 17.0 Å². The van der Waals surface area contributed by atoms with Crippen LogP contribution in [0.4, 0.5) is 0 Å². The Morgan fingerprint density at radius 3 is 3.00 bits per heavy atom. The number of rotatable bonds is 3. The maximum Gasteiger partial charge on any atom is 0.162 e. The van der Waals surface area contributed by atoms with Gasteiger partial charge in [0.25, 0.3) is 0 Å². The van der Waals surface area contributed by atoms with E-state index in [4.69, 9.17) is 14.1 Å². The van der Waals surface area contributed by atoms with Gasteiger partial charge >= 0.3 is 0 Å². The molecule has 0 saturated carbocycles. The first-order chi connectivity index (χ1) is 11.3. The number of ether oxygens (including phenoxy) is 1. The Kier molecular flexibility index (Phi) is 3.89. The van der Waals surface area contributed by atoms with Gasteiger partial charge in [-0.1, -0.05) is 18.2 Å². The molecule has 3 heterocycles. The van der Waals surface area contributed by atoms with Gasteiger partial charge in [-0.25, -0.2) is 4.98 Å². The average Bonchev–Trinajstić information content (AvgIpc) is 3.12. The molecule has 118 valence electrons. The number of para-hydroxylation sites is 1. The Morgan fingerprint density at radius 2 is 2.13 bits per heavy atom. The van der Waals surface area contributed by atoms with E-state index in [9.17, 15) is 0 Å². The second-order valence-corrected chi connectivity index (χ2v) is 6.58. The summed E-state index contributed by atoms with van der Waals surface area (Å²) in [7, 11) is 0. The molecule has 0 radical (unpaired) electrons. The summed E-state index contributed by atoms with van der Waals surface area (Å²) in [6, 6.07) is 12.2. The molecule has 5 heteroatoms. The predicted molar refractivity (Wildman–Crippen MR) is 90.6 cm³/mol. The number of fused-ring (bicyclic) bond motifs is 1. The van der Waals surface area contributed by atoms with Crippen LogP contribution in [0.2, 0.25) is 0 Å². The summed E-state index contributed by atoms with van der Waals surface area (Å²) in [5.74, 6) is 2.77. The van der Waals surface area contributed by atoms with E-state index in [1.807, 2.05) is 31.2 Å². The standard InChI is InChI=1S/C18H18N2O2S/c1-13-6-7-17(22-13)18-19-15(12-23-18)11-20-8-9-21-16-5-3-2-4-14(16)10-20/h2-7,12H,8-11H2,1H3. The van der Waals surface area contributed by atoms with E-state index in [-0.39, 0.29) is 0 Å². The lowest BCUT2D eigenvalue weighted by Gasteiger charge is -2.17. The number of aryl methyl sites for hydroxylation is 1. The minimum Gasteiger partial charge on any atom is -0.492 e. The van der Waals surface area contributed by atoms with Crippen molar-refractivity contribution in [3.8, 4) is 16.5 Å². The third-order valence-corrected chi connectivity index (χ3v) is 4.83. The first-order valence-corrected chi connectivity index (χ1v) is 8.60. The number of aromatic nitrogens is 1. The van der Waals surface area contributed by atoms with Crippen molar-refractivity contribution in [2.45, 2.75) is 20.0 Å². The highest BCUT2D eigenvalue weighted by atomic mass is 32.1. The molecule has 23 heavy (non-hydrogen) atoms. The fourth-order valence-corrected chi connectivity index (χ4v) is 3.56. The normalized spacial score (nSPS) is 15.0. The lowest BCUT2D eigenvalue weighted by Crippen LogP contribution is -2.25. The fraction of sp³-hybridized carbons (Fsp3) is 0.278. The molecule has 0 fully saturated rings. The topological polar surface area (TPSA) is 38.5 Å². The van der Waals surface area contributed by atoms with Crippen LogP contribution in [-0.4, -0.2) is 23.0 Å². The van der Waals surface area contributed by atoms with Gasteiger partial charge in [0.2, 0.25) is 0 Å². The molecule has 0 amide bonds. The number of hydrogen-bond acceptors (Lipinski definition) is 5. The molecule has 0 unspecified atom stereocenters. The van der Waals surface area contributed by atoms with E-state index in [1.165, 1.54) is 5.56 Å². The number of hydrogen-bond donors (Lipinski definition) is 0. The van der Waals surface area contributed by atoms with E-state index in [1.54, 1.807) is 11.3 Å². The molecule has 0 saturated heterocycles. The first-order valence-electron chi connectivity index (χ1n) is 7.72. The third-order valence-electron chi connectivity index (χ3n) is 3.92. The maximum atomic E-state index is 5.82. The molecule has 0 aliphatic carbocycles. The molecule has 0 bridgehead atoms. The van der Waals surface area contributed by atoms with E-state index >= 15 is 0 Å². The molecule has 3 aromatic rings. The summed E-state index contributed by atoms with van der Waals surface area (Å²) in [6.07, 6.45) is 0. The van der Waals surface area contributed by atoms with Crippen molar-refractivity contribution < 1.29 is 9.15 Å². The molecule has 1 aromatic carbocycles. The zero-order valence-electron chi connectivity index (χ0n) is 13.0. The van der Waals surface area contributed by atoms with Crippen molar-refractivity contribution in [1.82, 2.24) is 9.88 Å². The van der Waals surface area contributed by atoms with Crippen molar-refractivity contribution in [3.63, 3.8) is 0 Å². The lowest BCUT2D eigenvalue weighted by atomic mass is 10.2. The Balaban J connectivity index is 1.49. The SMILES string of the molecule is Cc1ccc(-c2nc(CN3CCOc4ccccc4C3)cs2)o1. The average molecular weight is 326 g/mol. The Labute approximate surface area is 139 Å². The smallest absolute Gasteiger partial charge is 0.162 e. The minimum absolute atomic E-state index is 0.714. The van der Waals surface area contributed by atoms with Gasteiger partial charge in [0.1, 0.15) is 18.1 Å². The predicted octanol–water partition coefficient (Wildman–Crippen LogP) is 4.11. The van der Waals surface area contributed by atoms with Crippen molar-refractivity contribution in [2.24, 2.45) is 0 Å². The van der Waals surface area contributed by atoms with Gasteiger partial charge in [0.15, 0.2) is 10.8 Å². The lowest BCUT2D eigenvalue weighted by molar-refractivity contribution is 0.218. The maximum absolute atomic E-state index is 5.82. The molecule has 4 rings (SSSR count). The monoisotopic (exact) mass is 326 g/mol. The van der Waals surface area contributed by atoms with Gasteiger partial charge in [-0.05, 0) is 25.1 Å². The van der Waals surface area contributed by atoms with Gasteiger partial charge in [-0.2, -0.15) is 0 Å². The van der Waals surface area contributed by atoms with Crippen molar-refractivity contribution in [3.05, 3.63) is 58.8 Å². The number of benzene rings is 1. The van der Waals surface area contributed by atoms with Gasteiger partial charge in [-0.3, -0.25) is 4.90 Å². The molecule has 0 atom stereocenters. The Morgan fingerprint density at radius 1 is 1.22 bits per heavy atom. The summed E-state index contributed by atoms with van der Waals surface area (Å²) in [4.78, 5) is 7.09. The molecular weight excluding hydrogens is 308 g/mol. The fourth-order valence-electron chi connectivity index (χ4n) is 2.79. The number of furan rings is 1. The molecule has 1 aliphatic rings. The van der Waals surface area contributed by atoms with Crippen LogP contribution < -0.4 is 4.74 Å². The number of thiazole rings is 1. The molecule has 0 N–H and O–H groups in total. The van der Waals surface area contributed by atoms with Crippen molar-refractivity contribution in [2.75, 3.05) is 13.2 Å². The van der Waals surface area contributed by atoms with Crippen LogP contribution in [0, 0.1) is 6.92 Å². The Bertz CT molecular complexity index is 809. The second kappa shape index (κ2) is 6.18. The largest absolute Gasteiger partial charge is 0.492 e. The van der Waals surface area contributed by atoms with E-state index in [2.05, 4.69) is 22.4 Å². The van der Waals surface area contributed by atoms with Crippen LogP contribution in [0.25, 0.3) is 10.8 Å². The summed E-state index contributed by atoms with van der Waals surface area (Å²) >= 11 is 1.63. The highest BCUT2D eigenvalue weighted by molar-refractivity contribution is 7.13. The third kappa shape index (κ3) is 3.16. The highest BCUT2D eigenvalue weighted by Gasteiger charge is 2.17. The molecule has 0 spiro atoms. The first kappa shape index (κ1) is 14.5. The van der Waals surface area contributed by atoms with Crippen LogP contribution in [-0.2, 0) is 13.1 Å². The minimum atomic E-state index is 0.714. The quantitative estimate of drug-likeness (QED) is 0.726. The van der Waals surface area contributed by atoms with Crippen LogP contribution in [0.3, 0.4) is 0 Å². The molecule has 2 aromatic heterocycles. The second-order valence-electron chi connectivity index (χ2n) is 5.72. The Hall–Kier alpha value is -2.11. The summed E-state index contributed by atoms with van der Waals surface area (Å²) < 4.78 is 11.5. The van der Waals surface area contributed by atoms with Crippen LogP contribution in [0.5, 0.6) is 5.75 Å². The van der Waals surface area contributed by atoms with Crippen LogP contribution in [0.15, 0.2) is 46.2 Å². The van der Waals surface area contributed by atoms with Gasteiger partial charge in [0, 0.05) is 30.6 Å². The van der Waals surface area contributed by atoms with Gasteiger partial charge < -0.3 is 9.15 Å². The zero-order valence-corrected chi connectivity index (χ0v) is 13.8. The van der Waals surface area contributed by atoms with E-state index in [0.29, 0.717) is 6.61 Å². The van der Waals surface area contributed by atoms with Crippen LogP contribution >= 0.6 is 11.3 Å².